The first-order valence-corrected chi connectivity index (χ1v) is 9.34. The Morgan fingerprint density at radius 1 is 0.833 bits per heavy atom. The molecule has 0 spiro atoms. The van der Waals surface area contributed by atoms with Gasteiger partial charge in [-0.05, 0) is 24.3 Å². The summed E-state index contributed by atoms with van der Waals surface area (Å²) in [4.78, 5) is 0. The highest BCUT2D eigenvalue weighted by Gasteiger charge is 2.51. The van der Waals surface area contributed by atoms with E-state index in [1.54, 1.807) is 12.1 Å². The molecule has 0 aliphatic heterocycles. The van der Waals surface area contributed by atoms with Gasteiger partial charge in [0.25, 0.3) is 0 Å². The minimum atomic E-state index is -5.96. The summed E-state index contributed by atoms with van der Waals surface area (Å²) in [7, 11) is -10.9. The SMILES string of the molecule is O=P(NS(=O)(=O)C(F)(F)F)(Oc1ccccc1)Oc1ccccc1. The van der Waals surface area contributed by atoms with Crippen molar-refractivity contribution in [2.24, 2.45) is 0 Å². The average Bonchev–Trinajstić information content (AvgIpc) is 2.47. The summed E-state index contributed by atoms with van der Waals surface area (Å²) in [5.41, 5.74) is -5.68. The first-order valence-electron chi connectivity index (χ1n) is 6.31. The van der Waals surface area contributed by atoms with Crippen molar-refractivity contribution in [3.8, 4) is 11.5 Å². The largest absolute Gasteiger partial charge is 0.526 e. The molecule has 0 saturated carbocycles. The quantitative estimate of drug-likeness (QED) is 0.772. The number of halogens is 3. The van der Waals surface area contributed by atoms with E-state index in [1.807, 2.05) is 0 Å². The van der Waals surface area contributed by atoms with E-state index in [4.69, 9.17) is 9.05 Å². The summed E-state index contributed by atoms with van der Waals surface area (Å²) in [6, 6.07) is 14.1. The van der Waals surface area contributed by atoms with Crippen LogP contribution in [-0.4, -0.2) is 13.9 Å². The van der Waals surface area contributed by atoms with Gasteiger partial charge in [0.15, 0.2) is 0 Å². The van der Waals surface area contributed by atoms with Crippen LogP contribution in [0, 0.1) is 0 Å². The molecule has 2 rings (SSSR count). The highest BCUT2D eigenvalue weighted by Crippen LogP contribution is 2.46. The summed E-state index contributed by atoms with van der Waals surface area (Å²) in [6.45, 7) is 0. The molecule has 0 heterocycles. The standard InChI is InChI=1S/C13H11F3NO5PS/c14-13(15,16)24(19,20)17-23(18,21-11-7-3-1-4-8-11)22-12-9-5-2-6-10-12/h1-10H,(H,17,18). The first-order chi connectivity index (χ1) is 11.1. The second-order valence-corrected chi connectivity index (χ2v) is 7.91. The number of rotatable bonds is 6. The molecule has 0 aliphatic rings. The van der Waals surface area contributed by atoms with E-state index >= 15 is 0 Å². The summed E-state index contributed by atoms with van der Waals surface area (Å²) in [5, 5.41) is 0. The molecule has 0 unspecified atom stereocenters. The number of para-hydroxylation sites is 2. The molecule has 6 nitrogen and oxygen atoms in total. The van der Waals surface area contributed by atoms with E-state index in [-0.39, 0.29) is 11.5 Å². The van der Waals surface area contributed by atoms with Crippen LogP contribution in [-0.2, 0) is 14.6 Å². The van der Waals surface area contributed by atoms with Gasteiger partial charge in [-0.2, -0.15) is 13.2 Å². The fourth-order valence-electron chi connectivity index (χ4n) is 1.50. The van der Waals surface area contributed by atoms with Gasteiger partial charge in [-0.1, -0.05) is 40.9 Å². The van der Waals surface area contributed by atoms with Crippen molar-refractivity contribution in [2.75, 3.05) is 0 Å². The van der Waals surface area contributed by atoms with Crippen molar-refractivity contribution >= 4 is 17.8 Å². The highest BCUT2D eigenvalue weighted by atomic mass is 32.2. The molecule has 11 heteroatoms. The fourth-order valence-corrected chi connectivity index (χ4v) is 4.22. The molecule has 0 aromatic heterocycles. The van der Waals surface area contributed by atoms with Crippen molar-refractivity contribution in [3.05, 3.63) is 60.7 Å². The van der Waals surface area contributed by atoms with Gasteiger partial charge >= 0.3 is 23.3 Å². The maximum absolute atomic E-state index is 12.6. The first kappa shape index (κ1) is 18.3. The van der Waals surface area contributed by atoms with Crippen LogP contribution >= 0.6 is 7.75 Å². The Morgan fingerprint density at radius 2 is 1.21 bits per heavy atom. The molecule has 0 atom stereocenters. The van der Waals surface area contributed by atoms with Gasteiger partial charge in [-0.25, -0.2) is 13.0 Å². The van der Waals surface area contributed by atoms with Crippen LogP contribution in [0.1, 0.15) is 0 Å². The highest BCUT2D eigenvalue weighted by molar-refractivity contribution is 7.95. The lowest BCUT2D eigenvalue weighted by atomic mass is 10.3. The third kappa shape index (κ3) is 4.73. The zero-order chi connectivity index (χ0) is 17.8. The maximum Gasteiger partial charge on any atom is 0.526 e. The molecule has 24 heavy (non-hydrogen) atoms. The third-order valence-electron chi connectivity index (χ3n) is 2.47. The third-order valence-corrected chi connectivity index (χ3v) is 5.84. The Bertz CT molecular complexity index is 782. The predicted octanol–water partition coefficient (Wildman–Crippen LogP) is 3.69. The van der Waals surface area contributed by atoms with Crippen molar-refractivity contribution in [1.29, 1.82) is 0 Å². The Morgan fingerprint density at radius 3 is 1.54 bits per heavy atom. The zero-order valence-corrected chi connectivity index (χ0v) is 13.5. The van der Waals surface area contributed by atoms with E-state index in [0.717, 1.165) is 4.49 Å². The molecule has 0 fully saturated rings. The van der Waals surface area contributed by atoms with Crippen LogP contribution in [0.5, 0.6) is 11.5 Å². The van der Waals surface area contributed by atoms with Crippen LogP contribution in [0.2, 0.25) is 0 Å². The Kier molecular flexibility index (Phi) is 5.22. The zero-order valence-electron chi connectivity index (χ0n) is 11.8. The summed E-state index contributed by atoms with van der Waals surface area (Å²) < 4.78 is 83.5. The second kappa shape index (κ2) is 6.84. The van der Waals surface area contributed by atoms with E-state index in [0.29, 0.717) is 0 Å². The van der Waals surface area contributed by atoms with Gasteiger partial charge in [-0.15, -0.1) is 0 Å². The summed E-state index contributed by atoms with van der Waals surface area (Å²) in [6.07, 6.45) is 0. The van der Waals surface area contributed by atoms with Crippen molar-refractivity contribution in [1.82, 2.24) is 4.49 Å². The molecule has 0 saturated heterocycles. The second-order valence-electron chi connectivity index (χ2n) is 4.35. The van der Waals surface area contributed by atoms with Gasteiger partial charge in [0.2, 0.25) is 0 Å². The van der Waals surface area contributed by atoms with Crippen LogP contribution in [0.25, 0.3) is 0 Å². The van der Waals surface area contributed by atoms with Gasteiger partial charge in [-0.3, -0.25) is 0 Å². The number of benzene rings is 2. The van der Waals surface area contributed by atoms with Crippen LogP contribution in [0.4, 0.5) is 13.2 Å². The lowest BCUT2D eigenvalue weighted by Crippen LogP contribution is -2.36. The molecule has 0 bridgehead atoms. The Balaban J connectivity index is 2.36. The lowest BCUT2D eigenvalue weighted by Gasteiger charge is -2.20. The molecular weight excluding hydrogens is 370 g/mol. The van der Waals surface area contributed by atoms with Crippen molar-refractivity contribution in [2.45, 2.75) is 5.51 Å². The van der Waals surface area contributed by atoms with Gasteiger partial charge in [0.1, 0.15) is 11.5 Å². The van der Waals surface area contributed by atoms with Crippen molar-refractivity contribution < 1.29 is 35.2 Å². The maximum atomic E-state index is 12.6. The molecule has 1 N–H and O–H groups in total. The van der Waals surface area contributed by atoms with Gasteiger partial charge < -0.3 is 9.05 Å². The van der Waals surface area contributed by atoms with Crippen LogP contribution in [0.3, 0.4) is 0 Å². The number of alkyl halides is 3. The Hall–Kier alpha value is -2.03. The van der Waals surface area contributed by atoms with Crippen molar-refractivity contribution in [3.63, 3.8) is 0 Å². The topological polar surface area (TPSA) is 81.7 Å². The Labute approximate surface area is 135 Å². The summed E-state index contributed by atoms with van der Waals surface area (Å²) in [5.74, 6) is -0.275. The number of sulfonamides is 1. The van der Waals surface area contributed by atoms with E-state index in [9.17, 15) is 26.2 Å². The molecule has 2 aromatic carbocycles. The number of hydrogen-bond donors (Lipinski definition) is 1. The molecule has 2 aromatic rings. The average molecular weight is 381 g/mol. The normalized spacial score (nSPS) is 12.6. The minimum Gasteiger partial charge on any atom is -0.404 e. The van der Waals surface area contributed by atoms with Crippen LogP contribution < -0.4 is 13.5 Å². The molecule has 130 valence electrons. The number of nitrogens with one attached hydrogen (secondary N) is 1. The predicted molar refractivity (Wildman–Crippen MR) is 79.9 cm³/mol. The van der Waals surface area contributed by atoms with E-state index in [1.165, 1.54) is 48.5 Å². The van der Waals surface area contributed by atoms with Gasteiger partial charge in [0.05, 0.1) is 0 Å². The van der Waals surface area contributed by atoms with E-state index in [2.05, 4.69) is 0 Å². The summed E-state index contributed by atoms with van der Waals surface area (Å²) >= 11 is 0. The number of hydrogen-bond acceptors (Lipinski definition) is 5. The fraction of sp³-hybridized carbons (Fsp3) is 0.0769. The van der Waals surface area contributed by atoms with Gasteiger partial charge in [0, 0.05) is 0 Å². The van der Waals surface area contributed by atoms with Crippen LogP contribution in [0.15, 0.2) is 60.7 Å². The van der Waals surface area contributed by atoms with E-state index < -0.39 is 23.3 Å². The smallest absolute Gasteiger partial charge is 0.404 e. The molecule has 0 radical (unpaired) electrons. The monoisotopic (exact) mass is 381 g/mol. The lowest BCUT2D eigenvalue weighted by molar-refractivity contribution is -0.0443. The minimum absolute atomic E-state index is 0.137. The molecule has 0 aliphatic carbocycles. The molecular formula is C13H11F3NO5PS. The molecule has 0 amide bonds.